The Morgan fingerprint density at radius 2 is 2.40 bits per heavy atom. The third kappa shape index (κ3) is 1.46. The molecule has 1 aromatic rings. The molecule has 1 atom stereocenters. The number of nitrogens with zero attached hydrogens (tertiary/aromatic N) is 3. The second-order valence-corrected chi connectivity index (χ2v) is 3.93. The van der Waals surface area contributed by atoms with Crippen molar-refractivity contribution in [1.82, 2.24) is 9.88 Å². The first kappa shape index (κ1) is 9.96. The Morgan fingerprint density at radius 1 is 1.60 bits per heavy atom. The van der Waals surface area contributed by atoms with Crippen LogP contribution in [0, 0.1) is 0 Å². The van der Waals surface area contributed by atoms with Gasteiger partial charge in [-0.05, 0) is 25.5 Å². The van der Waals surface area contributed by atoms with Crippen LogP contribution in [-0.2, 0) is 5.54 Å². The zero-order valence-electron chi connectivity index (χ0n) is 9.14. The van der Waals surface area contributed by atoms with Crippen molar-refractivity contribution in [1.29, 1.82) is 0 Å². The predicted octanol–water partition coefficient (Wildman–Crippen LogP) is 0.947. The van der Waals surface area contributed by atoms with E-state index in [4.69, 9.17) is 5.73 Å². The van der Waals surface area contributed by atoms with Gasteiger partial charge in [0.25, 0.3) is 0 Å². The van der Waals surface area contributed by atoms with Crippen LogP contribution < -0.4 is 5.73 Å². The van der Waals surface area contributed by atoms with E-state index in [1.165, 1.54) is 0 Å². The second kappa shape index (κ2) is 3.53. The fourth-order valence-corrected chi connectivity index (χ4v) is 2.10. The van der Waals surface area contributed by atoms with E-state index < -0.39 is 0 Å². The highest BCUT2D eigenvalue weighted by atomic mass is 15.3. The van der Waals surface area contributed by atoms with Gasteiger partial charge in [-0.25, -0.2) is 0 Å². The van der Waals surface area contributed by atoms with Gasteiger partial charge in [-0.1, -0.05) is 6.07 Å². The van der Waals surface area contributed by atoms with Crippen LogP contribution in [0.1, 0.15) is 19.4 Å². The van der Waals surface area contributed by atoms with E-state index in [1.807, 2.05) is 12.3 Å². The van der Waals surface area contributed by atoms with E-state index in [2.05, 4.69) is 34.8 Å². The van der Waals surface area contributed by atoms with Gasteiger partial charge in [0.05, 0.1) is 12.1 Å². The van der Waals surface area contributed by atoms with Gasteiger partial charge in [-0.2, -0.15) is 0 Å². The SMILES string of the molecule is CCN1C(N)=NCC1(C)c1cccnc1. The molecule has 0 radical (unpaired) electrons. The lowest BCUT2D eigenvalue weighted by atomic mass is 9.92. The van der Waals surface area contributed by atoms with E-state index in [1.54, 1.807) is 6.20 Å². The Hall–Kier alpha value is -1.58. The Kier molecular flexibility index (Phi) is 2.34. The highest BCUT2D eigenvalue weighted by molar-refractivity contribution is 5.81. The van der Waals surface area contributed by atoms with Crippen LogP contribution in [0.25, 0.3) is 0 Å². The van der Waals surface area contributed by atoms with Gasteiger partial charge in [-0.15, -0.1) is 0 Å². The number of likely N-dealkylation sites (N-methyl/N-ethyl adjacent to an activating group) is 1. The molecular weight excluding hydrogens is 188 g/mol. The van der Waals surface area contributed by atoms with Crippen molar-refractivity contribution in [3.63, 3.8) is 0 Å². The predicted molar refractivity (Wildman–Crippen MR) is 60.5 cm³/mol. The summed E-state index contributed by atoms with van der Waals surface area (Å²) in [4.78, 5) is 10.6. The van der Waals surface area contributed by atoms with Crippen LogP contribution in [0.4, 0.5) is 0 Å². The molecular formula is C11H16N4. The summed E-state index contributed by atoms with van der Waals surface area (Å²) in [5.74, 6) is 0.629. The topological polar surface area (TPSA) is 54.5 Å². The molecule has 0 saturated heterocycles. The van der Waals surface area contributed by atoms with Crippen molar-refractivity contribution in [2.45, 2.75) is 19.4 Å². The van der Waals surface area contributed by atoms with Gasteiger partial charge >= 0.3 is 0 Å². The number of nitrogens with two attached hydrogens (primary N) is 1. The summed E-state index contributed by atoms with van der Waals surface area (Å²) in [6, 6.07) is 4.02. The summed E-state index contributed by atoms with van der Waals surface area (Å²) in [6.45, 7) is 5.80. The smallest absolute Gasteiger partial charge is 0.192 e. The maximum absolute atomic E-state index is 5.86. The second-order valence-electron chi connectivity index (χ2n) is 3.93. The lowest BCUT2D eigenvalue weighted by Gasteiger charge is -2.35. The van der Waals surface area contributed by atoms with Crippen molar-refractivity contribution in [3.8, 4) is 0 Å². The maximum Gasteiger partial charge on any atom is 0.192 e. The molecule has 1 aromatic heterocycles. The van der Waals surface area contributed by atoms with Crippen LogP contribution in [-0.4, -0.2) is 28.9 Å². The third-order valence-electron chi connectivity index (χ3n) is 3.02. The van der Waals surface area contributed by atoms with Crippen LogP contribution >= 0.6 is 0 Å². The van der Waals surface area contributed by atoms with E-state index >= 15 is 0 Å². The summed E-state index contributed by atoms with van der Waals surface area (Å²) >= 11 is 0. The lowest BCUT2D eigenvalue weighted by Crippen LogP contribution is -2.47. The Labute approximate surface area is 89.8 Å². The lowest BCUT2D eigenvalue weighted by molar-refractivity contribution is 0.234. The first-order valence-corrected chi connectivity index (χ1v) is 5.16. The van der Waals surface area contributed by atoms with Gasteiger partial charge in [0.2, 0.25) is 0 Å². The highest BCUT2D eigenvalue weighted by Gasteiger charge is 2.38. The molecule has 1 unspecified atom stereocenters. The first-order valence-electron chi connectivity index (χ1n) is 5.16. The fourth-order valence-electron chi connectivity index (χ4n) is 2.10. The molecule has 0 spiro atoms. The van der Waals surface area contributed by atoms with Crippen molar-refractivity contribution in [2.24, 2.45) is 10.7 Å². The monoisotopic (exact) mass is 204 g/mol. The average Bonchev–Trinajstić information content (AvgIpc) is 2.57. The molecule has 2 rings (SSSR count). The van der Waals surface area contributed by atoms with Gasteiger partial charge in [-0.3, -0.25) is 9.98 Å². The molecule has 1 aliphatic heterocycles. The van der Waals surface area contributed by atoms with Gasteiger partial charge < -0.3 is 10.6 Å². The Bertz CT molecular complexity index is 373. The number of pyridine rings is 1. The summed E-state index contributed by atoms with van der Waals surface area (Å²) in [6.07, 6.45) is 3.67. The molecule has 4 nitrogen and oxygen atoms in total. The molecule has 0 bridgehead atoms. The standard InChI is InChI=1S/C11H16N4/c1-3-15-10(12)14-8-11(15,2)9-5-4-6-13-7-9/h4-7H,3,8H2,1-2H3,(H2,12,14). The fraction of sp³-hybridized carbons (Fsp3) is 0.455. The van der Waals surface area contributed by atoms with Gasteiger partial charge in [0, 0.05) is 18.9 Å². The molecule has 2 N–H and O–H groups in total. The minimum atomic E-state index is -0.132. The zero-order valence-corrected chi connectivity index (χ0v) is 9.14. The third-order valence-corrected chi connectivity index (χ3v) is 3.02. The van der Waals surface area contributed by atoms with E-state index in [9.17, 15) is 0 Å². The molecule has 15 heavy (non-hydrogen) atoms. The molecule has 0 fully saturated rings. The molecule has 4 heteroatoms. The molecule has 0 saturated carbocycles. The molecule has 1 aliphatic rings. The maximum atomic E-state index is 5.86. The average molecular weight is 204 g/mol. The Balaban J connectivity index is 2.37. The molecule has 2 heterocycles. The van der Waals surface area contributed by atoms with Crippen LogP contribution in [0.2, 0.25) is 0 Å². The van der Waals surface area contributed by atoms with Crippen molar-refractivity contribution in [3.05, 3.63) is 30.1 Å². The van der Waals surface area contributed by atoms with Gasteiger partial charge in [0.15, 0.2) is 5.96 Å². The Morgan fingerprint density at radius 3 is 3.00 bits per heavy atom. The van der Waals surface area contributed by atoms with Crippen molar-refractivity contribution in [2.75, 3.05) is 13.1 Å². The molecule has 0 aliphatic carbocycles. The number of aliphatic imine (C=N–C) groups is 1. The zero-order chi connectivity index (χ0) is 10.9. The number of aromatic nitrogens is 1. The normalized spacial score (nSPS) is 25.5. The number of rotatable bonds is 2. The summed E-state index contributed by atoms with van der Waals surface area (Å²) in [5, 5.41) is 0. The first-order chi connectivity index (χ1) is 7.18. The highest BCUT2D eigenvalue weighted by Crippen LogP contribution is 2.31. The summed E-state index contributed by atoms with van der Waals surface area (Å²) < 4.78 is 0. The molecule has 0 aromatic carbocycles. The van der Waals surface area contributed by atoms with Crippen LogP contribution in [0.3, 0.4) is 0 Å². The molecule has 80 valence electrons. The van der Waals surface area contributed by atoms with E-state index in [-0.39, 0.29) is 5.54 Å². The van der Waals surface area contributed by atoms with Crippen LogP contribution in [0.15, 0.2) is 29.5 Å². The van der Waals surface area contributed by atoms with Crippen molar-refractivity contribution < 1.29 is 0 Å². The number of hydrogen-bond acceptors (Lipinski definition) is 4. The number of guanidine groups is 1. The minimum Gasteiger partial charge on any atom is -0.370 e. The quantitative estimate of drug-likeness (QED) is 0.780. The van der Waals surface area contributed by atoms with E-state index in [0.717, 1.165) is 12.1 Å². The van der Waals surface area contributed by atoms with Crippen LogP contribution in [0.5, 0.6) is 0 Å². The largest absolute Gasteiger partial charge is 0.370 e. The summed E-state index contributed by atoms with van der Waals surface area (Å²) in [5.41, 5.74) is 6.89. The van der Waals surface area contributed by atoms with Crippen molar-refractivity contribution >= 4 is 5.96 Å². The number of hydrogen-bond donors (Lipinski definition) is 1. The summed E-state index contributed by atoms with van der Waals surface area (Å²) in [7, 11) is 0. The molecule has 0 amide bonds. The van der Waals surface area contributed by atoms with E-state index in [0.29, 0.717) is 12.5 Å². The minimum absolute atomic E-state index is 0.132. The van der Waals surface area contributed by atoms with Gasteiger partial charge in [0.1, 0.15) is 0 Å².